The molecule has 0 bridgehead atoms. The largest absolute Gasteiger partial charge is 0.458 e. The molecule has 0 aromatic carbocycles. The third-order valence-electron chi connectivity index (χ3n) is 6.61. The summed E-state index contributed by atoms with van der Waals surface area (Å²) in [5, 5.41) is 0. The van der Waals surface area contributed by atoms with E-state index in [1.807, 2.05) is 0 Å². The smallest absolute Gasteiger partial charge is 0.303 e. The summed E-state index contributed by atoms with van der Waals surface area (Å²) in [7, 11) is 0. The molecule has 0 N–H and O–H groups in total. The zero-order chi connectivity index (χ0) is 11.7. The van der Waals surface area contributed by atoms with Gasteiger partial charge in [0, 0.05) is 30.1 Å². The van der Waals surface area contributed by atoms with Crippen molar-refractivity contribution in [2.24, 2.45) is 40.9 Å². The summed E-state index contributed by atoms with van der Waals surface area (Å²) in [5.74, 6) is 5.68. The number of terminal acetylenes is 1. The van der Waals surface area contributed by atoms with Gasteiger partial charge in [-0.15, -0.1) is 6.42 Å². The normalized spacial score (nSPS) is 64.7. The first-order chi connectivity index (χ1) is 8.13. The van der Waals surface area contributed by atoms with Crippen molar-refractivity contribution in [3.05, 3.63) is 0 Å². The van der Waals surface area contributed by atoms with E-state index in [1.54, 1.807) is 0 Å². The maximum absolute atomic E-state index is 12.1. The van der Waals surface area contributed by atoms with Crippen LogP contribution in [0.25, 0.3) is 0 Å². The molecular weight excluding hydrogens is 216 g/mol. The molecule has 3 heteroatoms. The minimum absolute atomic E-state index is 0.0335. The van der Waals surface area contributed by atoms with Crippen molar-refractivity contribution in [1.82, 2.24) is 0 Å². The molecule has 0 atom stereocenters. The summed E-state index contributed by atoms with van der Waals surface area (Å²) in [6.45, 7) is 1.49. The van der Waals surface area contributed by atoms with Crippen LogP contribution in [0, 0.1) is 53.3 Å². The first-order valence-corrected chi connectivity index (χ1v) is 6.29. The lowest BCUT2D eigenvalue weighted by Gasteiger charge is -3.09. The Morgan fingerprint density at radius 3 is 2.12 bits per heavy atom. The molecule has 0 aromatic heterocycles. The van der Waals surface area contributed by atoms with Crippen LogP contribution in [0.4, 0.5) is 0 Å². The van der Waals surface area contributed by atoms with E-state index < -0.39 is 0 Å². The van der Waals surface area contributed by atoms with Gasteiger partial charge in [-0.2, -0.15) is 0 Å². The second-order valence-electron chi connectivity index (χ2n) is 6.34. The molecule has 6 saturated carbocycles. The van der Waals surface area contributed by atoms with Crippen LogP contribution in [0.2, 0.25) is 0 Å². The highest BCUT2D eigenvalue weighted by Gasteiger charge is 3.12. The maximum Gasteiger partial charge on any atom is 0.303 e. The number of carbonyl (C=O) groups excluding carboxylic acids is 2. The van der Waals surface area contributed by atoms with Crippen LogP contribution in [-0.4, -0.2) is 17.4 Å². The predicted molar refractivity (Wildman–Crippen MR) is 56.3 cm³/mol. The second-order valence-corrected chi connectivity index (χ2v) is 6.34. The zero-order valence-corrected chi connectivity index (χ0v) is 9.47. The van der Waals surface area contributed by atoms with Crippen LogP contribution in [0.1, 0.15) is 13.3 Å². The van der Waals surface area contributed by atoms with Gasteiger partial charge < -0.3 is 4.74 Å². The van der Waals surface area contributed by atoms with Crippen LogP contribution in [0.5, 0.6) is 0 Å². The first kappa shape index (κ1) is 8.74. The number of hydrogen-bond acceptors (Lipinski definition) is 3. The molecule has 0 aliphatic heterocycles. The molecule has 6 rings (SSSR count). The van der Waals surface area contributed by atoms with Crippen molar-refractivity contribution >= 4 is 11.8 Å². The van der Waals surface area contributed by atoms with E-state index in [2.05, 4.69) is 5.92 Å². The van der Waals surface area contributed by atoms with Crippen LogP contribution in [-0.2, 0) is 14.3 Å². The summed E-state index contributed by atoms with van der Waals surface area (Å²) in [6, 6.07) is 0. The summed E-state index contributed by atoms with van der Waals surface area (Å²) >= 11 is 0. The molecule has 0 heterocycles. The SMILES string of the molecule is C#CCC(=O)C12C3C4C1C1C2C3C41OC(C)=O. The fourth-order valence-electron chi connectivity index (χ4n) is 6.69. The molecule has 6 fully saturated rings. The first-order valence-electron chi connectivity index (χ1n) is 6.29. The number of esters is 1. The Hall–Kier alpha value is -1.30. The molecule has 0 aromatic rings. The van der Waals surface area contributed by atoms with Gasteiger partial charge in [-0.1, -0.05) is 5.92 Å². The van der Waals surface area contributed by atoms with Gasteiger partial charge in [0.1, 0.15) is 5.60 Å². The summed E-state index contributed by atoms with van der Waals surface area (Å²) in [6.07, 6.45) is 5.53. The predicted octanol–water partition coefficient (Wildman–Crippen LogP) is 0.632. The summed E-state index contributed by atoms with van der Waals surface area (Å²) in [4.78, 5) is 23.2. The lowest BCUT2D eigenvalue weighted by Crippen LogP contribution is -3.14. The highest BCUT2D eigenvalue weighted by molar-refractivity contribution is 5.96. The fraction of sp³-hybridized carbons (Fsp3) is 0.714. The Morgan fingerprint density at radius 2 is 1.71 bits per heavy atom. The van der Waals surface area contributed by atoms with Crippen molar-refractivity contribution in [2.45, 2.75) is 18.9 Å². The summed E-state index contributed by atoms with van der Waals surface area (Å²) < 4.78 is 5.55. The lowest BCUT2D eigenvalue weighted by atomic mass is 8.94. The lowest BCUT2D eigenvalue weighted by molar-refractivity contribution is -0.643. The quantitative estimate of drug-likeness (QED) is 0.525. The van der Waals surface area contributed by atoms with Gasteiger partial charge in [-0.3, -0.25) is 9.59 Å². The second kappa shape index (κ2) is 1.94. The van der Waals surface area contributed by atoms with E-state index in [4.69, 9.17) is 11.2 Å². The molecule has 0 amide bonds. The van der Waals surface area contributed by atoms with Gasteiger partial charge >= 0.3 is 5.97 Å². The Labute approximate surface area is 98.9 Å². The van der Waals surface area contributed by atoms with E-state index in [1.165, 1.54) is 6.92 Å². The van der Waals surface area contributed by atoms with E-state index in [-0.39, 0.29) is 23.4 Å². The average Bonchev–Trinajstić information content (AvgIpc) is 2.29. The van der Waals surface area contributed by atoms with E-state index in [9.17, 15) is 9.59 Å². The van der Waals surface area contributed by atoms with Gasteiger partial charge in [-0.05, 0) is 17.8 Å². The minimum atomic E-state index is -0.162. The Kier molecular flexibility index (Phi) is 0.998. The van der Waals surface area contributed by atoms with Crippen molar-refractivity contribution < 1.29 is 14.3 Å². The van der Waals surface area contributed by atoms with E-state index in [0.29, 0.717) is 41.3 Å². The van der Waals surface area contributed by atoms with Gasteiger partial charge in [-0.25, -0.2) is 0 Å². The highest BCUT2D eigenvalue weighted by atomic mass is 16.6. The van der Waals surface area contributed by atoms with Crippen LogP contribution < -0.4 is 0 Å². The number of rotatable bonds is 3. The van der Waals surface area contributed by atoms with Crippen molar-refractivity contribution in [3.63, 3.8) is 0 Å². The molecule has 0 saturated heterocycles. The number of hydrogen-bond donors (Lipinski definition) is 0. The topological polar surface area (TPSA) is 43.4 Å². The van der Waals surface area contributed by atoms with Gasteiger partial charge in [0.2, 0.25) is 0 Å². The average molecular weight is 228 g/mol. The van der Waals surface area contributed by atoms with Gasteiger partial charge in [0.15, 0.2) is 5.78 Å². The third kappa shape index (κ3) is 0.449. The zero-order valence-electron chi connectivity index (χ0n) is 9.47. The van der Waals surface area contributed by atoms with Crippen molar-refractivity contribution in [1.29, 1.82) is 0 Å². The van der Waals surface area contributed by atoms with Crippen LogP contribution >= 0.6 is 0 Å². The monoisotopic (exact) mass is 228 g/mol. The molecule has 0 unspecified atom stereocenters. The van der Waals surface area contributed by atoms with Gasteiger partial charge in [0.25, 0.3) is 0 Å². The number of carbonyl (C=O) groups is 2. The molecule has 86 valence electrons. The molecule has 17 heavy (non-hydrogen) atoms. The third-order valence-corrected chi connectivity index (χ3v) is 6.61. The molecule has 3 nitrogen and oxygen atoms in total. The van der Waals surface area contributed by atoms with E-state index in [0.717, 1.165) is 0 Å². The Bertz CT molecular complexity index is 499. The highest BCUT2D eigenvalue weighted by Crippen LogP contribution is 3.07. The minimum Gasteiger partial charge on any atom is -0.458 e. The fourth-order valence-corrected chi connectivity index (χ4v) is 6.69. The Balaban J connectivity index is 1.46. The van der Waals surface area contributed by atoms with Crippen LogP contribution in [0.15, 0.2) is 0 Å². The van der Waals surface area contributed by atoms with Gasteiger partial charge in [0.05, 0.1) is 6.42 Å². The molecule has 6 aliphatic rings. The molecule has 0 spiro atoms. The molecule has 6 aliphatic carbocycles. The van der Waals surface area contributed by atoms with E-state index >= 15 is 0 Å². The maximum atomic E-state index is 12.1. The number of ketones is 1. The summed E-state index contributed by atoms with van der Waals surface area (Å²) in [5.41, 5.74) is -0.141. The standard InChI is InChI=1S/C14H12O3/c1-3-4-6(16)13-7-10-8(13)12-9(13)11(7)14(10,12)17-5(2)15/h1,7-12H,4H2,2H3. The van der Waals surface area contributed by atoms with Crippen molar-refractivity contribution in [2.75, 3.05) is 0 Å². The number of Topliss-reactive ketones (excluding diaryl/α,β-unsaturated/α-hetero) is 1. The Morgan fingerprint density at radius 1 is 1.18 bits per heavy atom. The molecular formula is C14H12O3. The van der Waals surface area contributed by atoms with Crippen LogP contribution in [0.3, 0.4) is 0 Å². The van der Waals surface area contributed by atoms with Crippen molar-refractivity contribution in [3.8, 4) is 12.3 Å². The molecule has 0 radical (unpaired) electrons. The number of ether oxygens (including phenoxy) is 1.